The molecule has 2 aromatic rings. The van der Waals surface area contributed by atoms with E-state index >= 15 is 0 Å². The topological polar surface area (TPSA) is 79.5 Å². The third kappa shape index (κ3) is 4.66. The maximum Gasteiger partial charge on any atom is 0.416 e. The number of benzene rings is 1. The van der Waals surface area contributed by atoms with Crippen LogP contribution >= 0.6 is 11.3 Å². The van der Waals surface area contributed by atoms with Crippen LogP contribution < -0.4 is 5.73 Å². The van der Waals surface area contributed by atoms with E-state index in [0.717, 1.165) is 12.1 Å². The molecule has 0 spiro atoms. The van der Waals surface area contributed by atoms with Crippen molar-refractivity contribution in [1.82, 2.24) is 9.88 Å². The molecule has 0 saturated carbocycles. The maximum atomic E-state index is 12.6. The van der Waals surface area contributed by atoms with Gasteiger partial charge in [-0.1, -0.05) is 12.1 Å². The molecule has 0 unspecified atom stereocenters. The Morgan fingerprint density at radius 1 is 1.26 bits per heavy atom. The van der Waals surface area contributed by atoms with Gasteiger partial charge in [-0.05, 0) is 25.0 Å². The monoisotopic (exact) mass is 399 g/mol. The van der Waals surface area contributed by atoms with Crippen LogP contribution in [0, 0.1) is 0 Å². The summed E-state index contributed by atoms with van der Waals surface area (Å²) < 4.78 is 37.9. The summed E-state index contributed by atoms with van der Waals surface area (Å²) in [5.41, 5.74) is 5.11. The number of hydrogen-bond donors (Lipinski definition) is 2. The number of thiazole rings is 1. The number of likely N-dealkylation sites (tertiary alicyclic amines) is 1. The molecule has 146 valence electrons. The summed E-state index contributed by atoms with van der Waals surface area (Å²) in [4.78, 5) is 18.5. The van der Waals surface area contributed by atoms with Crippen LogP contribution in [0.5, 0.6) is 0 Å². The summed E-state index contributed by atoms with van der Waals surface area (Å²) in [7, 11) is 0. The highest BCUT2D eigenvalue weighted by atomic mass is 32.1. The summed E-state index contributed by atoms with van der Waals surface area (Å²) in [6, 6.07) is 4.80. The number of aliphatic hydroxyl groups is 1. The quantitative estimate of drug-likeness (QED) is 0.829. The van der Waals surface area contributed by atoms with Gasteiger partial charge in [0.05, 0.1) is 23.3 Å². The average molecular weight is 399 g/mol. The van der Waals surface area contributed by atoms with Gasteiger partial charge in [-0.2, -0.15) is 13.2 Å². The molecule has 0 radical (unpaired) electrons. The van der Waals surface area contributed by atoms with E-state index < -0.39 is 17.3 Å². The Bertz CT molecular complexity index is 797. The molecule has 0 atom stereocenters. The molecule has 3 rings (SSSR count). The molecule has 1 fully saturated rings. The van der Waals surface area contributed by atoms with E-state index in [9.17, 15) is 23.1 Å². The molecule has 2 heterocycles. The van der Waals surface area contributed by atoms with E-state index in [1.54, 1.807) is 10.3 Å². The highest BCUT2D eigenvalue weighted by molar-refractivity contribution is 7.13. The van der Waals surface area contributed by atoms with Gasteiger partial charge in [-0.25, -0.2) is 4.98 Å². The van der Waals surface area contributed by atoms with Crippen LogP contribution in [0.25, 0.3) is 10.6 Å². The number of halogens is 3. The lowest BCUT2D eigenvalue weighted by atomic mass is 9.91. The van der Waals surface area contributed by atoms with Crippen molar-refractivity contribution >= 4 is 17.2 Å². The number of carbonyl (C=O) groups is 1. The standard InChI is InChI=1S/C18H20F3N3O2S/c19-18(20,21)13-3-1-12(2-4-13)16-23-14(10-27-16)9-15(25)24-7-5-17(26,11-22)6-8-24/h1-4,10,26H,5-9,11,22H2. The normalized spacial score (nSPS) is 17.1. The Labute approximate surface area is 158 Å². The van der Waals surface area contributed by atoms with E-state index in [1.165, 1.54) is 23.5 Å². The van der Waals surface area contributed by atoms with Crippen LogP contribution in [0.4, 0.5) is 13.2 Å². The number of aromatic nitrogens is 1. The van der Waals surface area contributed by atoms with E-state index in [4.69, 9.17) is 5.73 Å². The molecule has 1 aliphatic heterocycles. The average Bonchev–Trinajstić information content (AvgIpc) is 3.10. The van der Waals surface area contributed by atoms with E-state index in [-0.39, 0.29) is 18.9 Å². The fourth-order valence-corrected chi connectivity index (χ4v) is 3.79. The number of carbonyl (C=O) groups excluding carboxylic acids is 1. The summed E-state index contributed by atoms with van der Waals surface area (Å²) in [6.45, 7) is 1.07. The Hall–Kier alpha value is -1.97. The highest BCUT2D eigenvalue weighted by Gasteiger charge is 2.33. The molecule has 1 amide bonds. The minimum Gasteiger partial charge on any atom is -0.388 e. The SMILES string of the molecule is NCC1(O)CCN(C(=O)Cc2csc(-c3ccc(C(F)(F)F)cc3)n2)CC1. The van der Waals surface area contributed by atoms with Crippen molar-refractivity contribution in [2.24, 2.45) is 5.73 Å². The van der Waals surface area contributed by atoms with Gasteiger partial charge in [0.15, 0.2) is 0 Å². The second-order valence-electron chi connectivity index (χ2n) is 6.71. The zero-order chi connectivity index (χ0) is 19.7. The Morgan fingerprint density at radius 3 is 2.44 bits per heavy atom. The van der Waals surface area contributed by atoms with Crippen molar-refractivity contribution in [3.8, 4) is 10.6 Å². The van der Waals surface area contributed by atoms with Crippen LogP contribution in [0.3, 0.4) is 0 Å². The van der Waals surface area contributed by atoms with Gasteiger partial charge < -0.3 is 15.7 Å². The van der Waals surface area contributed by atoms with E-state index in [0.29, 0.717) is 42.2 Å². The fraction of sp³-hybridized carbons (Fsp3) is 0.444. The van der Waals surface area contributed by atoms with Crippen LogP contribution in [0.2, 0.25) is 0 Å². The number of nitrogens with two attached hydrogens (primary N) is 1. The van der Waals surface area contributed by atoms with E-state index in [2.05, 4.69) is 4.98 Å². The lowest BCUT2D eigenvalue weighted by Crippen LogP contribution is -2.50. The first-order chi connectivity index (χ1) is 12.7. The van der Waals surface area contributed by atoms with Crippen LogP contribution in [0.1, 0.15) is 24.1 Å². The summed E-state index contributed by atoms with van der Waals surface area (Å²) in [5, 5.41) is 12.4. The van der Waals surface area contributed by atoms with Gasteiger partial charge in [0.1, 0.15) is 5.01 Å². The first-order valence-electron chi connectivity index (χ1n) is 8.52. The van der Waals surface area contributed by atoms with Crippen molar-refractivity contribution in [3.63, 3.8) is 0 Å². The maximum absolute atomic E-state index is 12.6. The van der Waals surface area contributed by atoms with E-state index in [1.807, 2.05) is 0 Å². The molecular formula is C18H20F3N3O2S. The Balaban J connectivity index is 1.62. The molecule has 1 aromatic heterocycles. The third-order valence-electron chi connectivity index (χ3n) is 4.77. The number of piperidine rings is 1. The first kappa shape index (κ1) is 19.8. The second-order valence-corrected chi connectivity index (χ2v) is 7.56. The zero-order valence-corrected chi connectivity index (χ0v) is 15.3. The van der Waals surface area contributed by atoms with Crippen LogP contribution in [-0.4, -0.2) is 46.1 Å². The molecule has 1 saturated heterocycles. The van der Waals surface area contributed by atoms with Gasteiger partial charge in [-0.15, -0.1) is 11.3 Å². The van der Waals surface area contributed by atoms with Gasteiger partial charge in [-0.3, -0.25) is 4.79 Å². The van der Waals surface area contributed by atoms with Crippen molar-refractivity contribution in [3.05, 3.63) is 40.9 Å². The molecule has 0 bridgehead atoms. The lowest BCUT2D eigenvalue weighted by Gasteiger charge is -2.37. The molecule has 5 nitrogen and oxygen atoms in total. The van der Waals surface area contributed by atoms with Crippen molar-refractivity contribution in [2.75, 3.05) is 19.6 Å². The number of rotatable bonds is 4. The van der Waals surface area contributed by atoms with Crippen molar-refractivity contribution < 1.29 is 23.1 Å². The Morgan fingerprint density at radius 2 is 1.89 bits per heavy atom. The number of nitrogens with zero attached hydrogens (tertiary/aromatic N) is 2. The number of hydrogen-bond acceptors (Lipinski definition) is 5. The zero-order valence-electron chi connectivity index (χ0n) is 14.5. The molecule has 3 N–H and O–H groups in total. The fourth-order valence-electron chi connectivity index (χ4n) is 2.97. The number of alkyl halides is 3. The summed E-state index contributed by atoms with van der Waals surface area (Å²) in [5.74, 6) is -0.0849. The molecule has 9 heteroatoms. The predicted molar refractivity (Wildman–Crippen MR) is 96.1 cm³/mol. The molecular weight excluding hydrogens is 379 g/mol. The third-order valence-corrected chi connectivity index (χ3v) is 5.71. The Kier molecular flexibility index (Phi) is 5.55. The summed E-state index contributed by atoms with van der Waals surface area (Å²) >= 11 is 1.29. The first-order valence-corrected chi connectivity index (χ1v) is 9.40. The van der Waals surface area contributed by atoms with Crippen LogP contribution in [0.15, 0.2) is 29.6 Å². The minimum absolute atomic E-state index is 0.0849. The minimum atomic E-state index is -4.37. The lowest BCUT2D eigenvalue weighted by molar-refractivity contribution is -0.137. The van der Waals surface area contributed by atoms with Crippen LogP contribution in [-0.2, 0) is 17.4 Å². The van der Waals surface area contributed by atoms with Crippen molar-refractivity contribution in [2.45, 2.75) is 31.0 Å². The highest BCUT2D eigenvalue weighted by Crippen LogP contribution is 2.32. The molecule has 1 aromatic carbocycles. The summed E-state index contributed by atoms with van der Waals surface area (Å²) in [6.07, 6.45) is -3.35. The second kappa shape index (κ2) is 7.57. The number of amides is 1. The van der Waals surface area contributed by atoms with Crippen molar-refractivity contribution in [1.29, 1.82) is 0 Å². The molecule has 0 aliphatic carbocycles. The van der Waals surface area contributed by atoms with Gasteiger partial charge >= 0.3 is 6.18 Å². The van der Waals surface area contributed by atoms with Gasteiger partial charge in [0.25, 0.3) is 0 Å². The van der Waals surface area contributed by atoms with Gasteiger partial charge in [0.2, 0.25) is 5.91 Å². The van der Waals surface area contributed by atoms with Gasteiger partial charge in [0, 0.05) is 30.6 Å². The smallest absolute Gasteiger partial charge is 0.388 e. The molecule has 27 heavy (non-hydrogen) atoms. The largest absolute Gasteiger partial charge is 0.416 e. The predicted octanol–water partition coefficient (Wildman–Crippen LogP) is 2.68. The molecule has 1 aliphatic rings.